The van der Waals surface area contributed by atoms with E-state index in [-0.39, 0.29) is 17.9 Å². The minimum Gasteiger partial charge on any atom is -0.469 e. The van der Waals surface area contributed by atoms with E-state index in [4.69, 9.17) is 0 Å². The third kappa shape index (κ3) is 6.62. The van der Waals surface area contributed by atoms with Crippen molar-refractivity contribution in [1.29, 1.82) is 0 Å². The molecule has 3 atom stereocenters. The van der Waals surface area contributed by atoms with Gasteiger partial charge in [-0.25, -0.2) is 0 Å². The maximum absolute atomic E-state index is 11.2. The van der Waals surface area contributed by atoms with Crippen LogP contribution in [0, 0.1) is 5.92 Å². The van der Waals surface area contributed by atoms with Gasteiger partial charge in [0.25, 0.3) is 0 Å². The van der Waals surface area contributed by atoms with Gasteiger partial charge in [0.15, 0.2) is 0 Å². The average molecular weight is 235 g/mol. The molecule has 0 aromatic rings. The van der Waals surface area contributed by atoms with Crippen molar-refractivity contribution >= 4 is 16.8 Å². The lowest BCUT2D eigenvalue weighted by molar-refractivity contribution is -0.145. The molecule has 0 radical (unpaired) electrons. The van der Waals surface area contributed by atoms with Crippen LogP contribution in [0.3, 0.4) is 0 Å². The summed E-state index contributed by atoms with van der Waals surface area (Å²) in [5, 5.41) is 3.22. The molecule has 5 heteroatoms. The van der Waals surface area contributed by atoms with Gasteiger partial charge in [-0.2, -0.15) is 0 Å². The molecule has 0 aliphatic rings. The number of carbonyl (C=O) groups is 1. The molecule has 0 rings (SSSR count). The molecule has 0 bridgehead atoms. The Balaban J connectivity index is 3.68. The highest BCUT2D eigenvalue weighted by Gasteiger charge is 2.19. The Morgan fingerprint density at radius 1 is 1.47 bits per heavy atom. The summed E-state index contributed by atoms with van der Waals surface area (Å²) in [5.74, 6) is 0.350. The monoisotopic (exact) mass is 235 g/mol. The second-order valence-corrected chi connectivity index (χ2v) is 5.24. The molecule has 0 heterocycles. The van der Waals surface area contributed by atoms with Crippen molar-refractivity contribution in [3.05, 3.63) is 0 Å². The lowest BCUT2D eigenvalue weighted by atomic mass is 10.0. The second-order valence-electron chi connectivity index (χ2n) is 3.69. The highest BCUT2D eigenvalue weighted by atomic mass is 32.2. The Morgan fingerprint density at radius 2 is 2.07 bits per heavy atom. The van der Waals surface area contributed by atoms with Gasteiger partial charge >= 0.3 is 5.97 Å². The summed E-state index contributed by atoms with van der Waals surface area (Å²) in [6, 6.07) is 0.0859. The van der Waals surface area contributed by atoms with Gasteiger partial charge in [0.05, 0.1) is 13.0 Å². The molecule has 0 aliphatic heterocycles. The predicted octanol–water partition coefficient (Wildman–Crippen LogP) is 0.542. The molecule has 0 aromatic carbocycles. The summed E-state index contributed by atoms with van der Waals surface area (Å²) in [6.45, 7) is 4.56. The van der Waals surface area contributed by atoms with Crippen molar-refractivity contribution in [3.8, 4) is 0 Å². The summed E-state index contributed by atoms with van der Waals surface area (Å²) in [7, 11) is 0.662. The van der Waals surface area contributed by atoms with Crippen LogP contribution in [0.1, 0.15) is 20.3 Å². The quantitative estimate of drug-likeness (QED) is 0.517. The second kappa shape index (κ2) is 7.82. The van der Waals surface area contributed by atoms with E-state index in [1.807, 2.05) is 13.8 Å². The Hall–Kier alpha value is -0.420. The van der Waals surface area contributed by atoms with E-state index in [0.29, 0.717) is 5.75 Å². The van der Waals surface area contributed by atoms with Crippen molar-refractivity contribution in [2.75, 3.05) is 25.7 Å². The van der Waals surface area contributed by atoms with Crippen LogP contribution in [0.4, 0.5) is 0 Å². The van der Waals surface area contributed by atoms with E-state index >= 15 is 0 Å². The van der Waals surface area contributed by atoms with Crippen LogP contribution in [0.5, 0.6) is 0 Å². The van der Waals surface area contributed by atoms with Crippen molar-refractivity contribution in [2.24, 2.45) is 5.92 Å². The van der Waals surface area contributed by atoms with Crippen LogP contribution in [0.25, 0.3) is 0 Å². The molecular weight excluding hydrogens is 214 g/mol. The molecule has 0 fully saturated rings. The molecule has 4 nitrogen and oxygen atoms in total. The number of esters is 1. The minimum atomic E-state index is -0.733. The number of hydrogen-bond acceptors (Lipinski definition) is 4. The Bertz CT molecular complexity index is 221. The first kappa shape index (κ1) is 14.6. The van der Waals surface area contributed by atoms with E-state index in [0.717, 1.165) is 13.0 Å². The van der Waals surface area contributed by atoms with E-state index in [9.17, 15) is 9.00 Å². The van der Waals surface area contributed by atoms with E-state index in [1.165, 1.54) is 7.11 Å². The summed E-state index contributed by atoms with van der Waals surface area (Å²) >= 11 is 0. The van der Waals surface area contributed by atoms with Gasteiger partial charge in [0.2, 0.25) is 0 Å². The van der Waals surface area contributed by atoms with E-state index in [1.54, 1.807) is 6.26 Å². The maximum atomic E-state index is 11.2. The zero-order valence-electron chi connectivity index (χ0n) is 9.91. The number of carbonyl (C=O) groups excluding carboxylic acids is 1. The van der Waals surface area contributed by atoms with Gasteiger partial charge in [-0.15, -0.1) is 0 Å². The highest BCUT2D eigenvalue weighted by molar-refractivity contribution is 7.84. The standard InChI is InChI=1S/C10H21NO3S/c1-8(10(12)14-3)9(2)11-6-5-7-15(4)13/h8-9,11H,5-7H2,1-4H3. The van der Waals surface area contributed by atoms with Crippen molar-refractivity contribution in [3.63, 3.8) is 0 Å². The van der Waals surface area contributed by atoms with Gasteiger partial charge in [0.1, 0.15) is 0 Å². The normalized spacial score (nSPS) is 16.8. The lowest BCUT2D eigenvalue weighted by Gasteiger charge is -2.18. The Labute approximate surface area is 94.2 Å². The van der Waals surface area contributed by atoms with Crippen LogP contribution in [0.2, 0.25) is 0 Å². The molecular formula is C10H21NO3S. The zero-order valence-corrected chi connectivity index (χ0v) is 10.7. The number of ether oxygens (including phenoxy) is 1. The molecule has 0 aromatic heterocycles. The largest absolute Gasteiger partial charge is 0.469 e. The fourth-order valence-electron chi connectivity index (χ4n) is 1.17. The summed E-state index contributed by atoms with van der Waals surface area (Å²) in [6.07, 6.45) is 2.56. The van der Waals surface area contributed by atoms with Crippen LogP contribution in [-0.4, -0.2) is 41.9 Å². The van der Waals surface area contributed by atoms with Gasteiger partial charge in [-0.3, -0.25) is 9.00 Å². The highest BCUT2D eigenvalue weighted by Crippen LogP contribution is 2.04. The molecule has 0 amide bonds. The van der Waals surface area contributed by atoms with Crippen molar-refractivity contribution in [2.45, 2.75) is 26.3 Å². The molecule has 90 valence electrons. The lowest BCUT2D eigenvalue weighted by Crippen LogP contribution is -2.37. The SMILES string of the molecule is COC(=O)C(C)C(C)NCCCS(C)=O. The van der Waals surface area contributed by atoms with Gasteiger partial charge in [-0.1, -0.05) is 6.92 Å². The Kier molecular flexibility index (Phi) is 7.60. The fourth-order valence-corrected chi connectivity index (χ4v) is 1.72. The number of rotatable bonds is 7. The molecule has 1 N–H and O–H groups in total. The number of hydrogen-bond donors (Lipinski definition) is 1. The zero-order chi connectivity index (χ0) is 11.8. The summed E-state index contributed by atoms with van der Waals surface area (Å²) in [5.41, 5.74) is 0. The number of nitrogens with one attached hydrogen (secondary N) is 1. The fraction of sp³-hybridized carbons (Fsp3) is 0.900. The van der Waals surface area contributed by atoms with E-state index < -0.39 is 10.8 Å². The maximum Gasteiger partial charge on any atom is 0.309 e. The van der Waals surface area contributed by atoms with Crippen molar-refractivity contribution in [1.82, 2.24) is 5.32 Å². The van der Waals surface area contributed by atoms with Crippen LogP contribution in [0.15, 0.2) is 0 Å². The van der Waals surface area contributed by atoms with Crippen LogP contribution < -0.4 is 5.32 Å². The first-order valence-electron chi connectivity index (χ1n) is 5.10. The van der Waals surface area contributed by atoms with Gasteiger partial charge in [-0.05, 0) is 19.9 Å². The molecule has 0 saturated carbocycles. The smallest absolute Gasteiger partial charge is 0.309 e. The molecule has 0 aliphatic carbocycles. The van der Waals surface area contributed by atoms with E-state index in [2.05, 4.69) is 10.1 Å². The third-order valence-electron chi connectivity index (χ3n) is 2.40. The predicted molar refractivity (Wildman–Crippen MR) is 62.2 cm³/mol. The molecule has 15 heavy (non-hydrogen) atoms. The molecule has 3 unspecified atom stereocenters. The van der Waals surface area contributed by atoms with Crippen LogP contribution >= 0.6 is 0 Å². The first-order chi connectivity index (χ1) is 6.99. The van der Waals surface area contributed by atoms with Crippen molar-refractivity contribution < 1.29 is 13.7 Å². The third-order valence-corrected chi connectivity index (χ3v) is 3.26. The minimum absolute atomic E-state index is 0.0859. The van der Waals surface area contributed by atoms with Gasteiger partial charge < -0.3 is 10.1 Å². The summed E-state index contributed by atoms with van der Waals surface area (Å²) in [4.78, 5) is 11.2. The topological polar surface area (TPSA) is 55.4 Å². The molecule has 0 spiro atoms. The summed E-state index contributed by atoms with van der Waals surface area (Å²) < 4.78 is 15.4. The first-order valence-corrected chi connectivity index (χ1v) is 6.83. The van der Waals surface area contributed by atoms with Gasteiger partial charge in [0, 0.05) is 28.9 Å². The molecule has 0 saturated heterocycles. The van der Waals surface area contributed by atoms with Crippen LogP contribution in [-0.2, 0) is 20.3 Å². The average Bonchev–Trinajstić information content (AvgIpc) is 2.21. The Morgan fingerprint density at radius 3 is 2.53 bits per heavy atom. The number of methoxy groups -OCH3 is 1.